The van der Waals surface area contributed by atoms with Crippen LogP contribution < -0.4 is 22.5 Å². The first-order chi connectivity index (χ1) is 16.7. The second kappa shape index (κ2) is 10.2. The second-order valence-corrected chi connectivity index (χ2v) is 11.2. The Morgan fingerprint density at radius 3 is 2.54 bits per heavy atom. The van der Waals surface area contributed by atoms with E-state index in [4.69, 9.17) is 17.2 Å². The lowest BCUT2D eigenvalue weighted by Gasteiger charge is -2.49. The highest BCUT2D eigenvalue weighted by atomic mass is 32.2. The van der Waals surface area contributed by atoms with E-state index in [-0.39, 0.29) is 28.2 Å². The van der Waals surface area contributed by atoms with Crippen LogP contribution in [0.1, 0.15) is 5.69 Å². The van der Waals surface area contributed by atoms with Crippen molar-refractivity contribution in [1.29, 1.82) is 0 Å². The highest BCUT2D eigenvalue weighted by molar-refractivity contribution is 8.18. The molecule has 1 fully saturated rings. The third kappa shape index (κ3) is 5.09. The standard InChI is InChI=1S/C17H17N9O5S4/c18-7-1-8(19)23-17(22-7)35-4-34-6-3-32-14-10(13(28)26(14)11(6)15(29)30)24-12(27)9(25-31)5-2-33-16(20)21-5/h1-2,10,14,31H,3-4H2,(H2,20,21)(H,24,27)(H,29,30)(H4,18,19,22,23)/b25-9-. The van der Waals surface area contributed by atoms with Gasteiger partial charge in [0.2, 0.25) is 0 Å². The van der Waals surface area contributed by atoms with Crippen molar-refractivity contribution >= 4 is 86.9 Å². The predicted molar refractivity (Wildman–Crippen MR) is 134 cm³/mol. The number of anilines is 3. The average molecular weight is 556 g/mol. The predicted octanol–water partition coefficient (Wildman–Crippen LogP) is 0.0371. The van der Waals surface area contributed by atoms with Crippen LogP contribution in [-0.2, 0) is 14.4 Å². The summed E-state index contributed by atoms with van der Waals surface area (Å²) in [5.41, 5.74) is 16.4. The van der Waals surface area contributed by atoms with Crippen molar-refractivity contribution in [2.75, 3.05) is 28.0 Å². The Morgan fingerprint density at radius 1 is 1.23 bits per heavy atom. The number of carboxylic acids is 1. The van der Waals surface area contributed by atoms with Gasteiger partial charge in [-0.05, 0) is 0 Å². The van der Waals surface area contributed by atoms with Crippen LogP contribution in [0.3, 0.4) is 0 Å². The highest BCUT2D eigenvalue weighted by Gasteiger charge is 2.54. The number of nitrogen functional groups attached to an aromatic ring is 3. The number of nitrogens with two attached hydrogens (primary N) is 3. The van der Waals surface area contributed by atoms with Crippen LogP contribution in [-0.4, -0.2) is 75.9 Å². The quantitative estimate of drug-likeness (QED) is 0.0480. The average Bonchev–Trinajstić information content (AvgIpc) is 3.22. The largest absolute Gasteiger partial charge is 0.477 e. The summed E-state index contributed by atoms with van der Waals surface area (Å²) < 4.78 is 0. The fourth-order valence-corrected chi connectivity index (χ4v) is 7.37. The Balaban J connectivity index is 1.44. The van der Waals surface area contributed by atoms with Crippen molar-refractivity contribution in [1.82, 2.24) is 25.2 Å². The number of β-lactam (4-membered cyclic amide) rings is 1. The van der Waals surface area contributed by atoms with Gasteiger partial charge in [0.1, 0.15) is 34.4 Å². The Hall–Kier alpha value is -3.22. The van der Waals surface area contributed by atoms with E-state index in [1.54, 1.807) is 0 Å². The summed E-state index contributed by atoms with van der Waals surface area (Å²) in [7, 11) is 0. The maximum atomic E-state index is 12.8. The number of thioether (sulfide) groups is 3. The molecule has 2 aliphatic heterocycles. The summed E-state index contributed by atoms with van der Waals surface area (Å²) in [5.74, 6) is -1.95. The zero-order chi connectivity index (χ0) is 25.3. The molecule has 14 nitrogen and oxygen atoms in total. The SMILES string of the molecule is Nc1cc(N)nc(SCSC2=C(C(=O)O)N3C(=O)C(NC(=O)/C(=N\O)c4csc(N)n4)C3SC2)n1. The minimum absolute atomic E-state index is 0.0561. The molecule has 2 aliphatic rings. The van der Waals surface area contributed by atoms with Gasteiger partial charge >= 0.3 is 5.97 Å². The Kier molecular flexibility index (Phi) is 7.24. The van der Waals surface area contributed by atoms with E-state index >= 15 is 0 Å². The molecule has 2 aromatic heterocycles. The van der Waals surface area contributed by atoms with Gasteiger partial charge in [0.25, 0.3) is 11.8 Å². The molecule has 35 heavy (non-hydrogen) atoms. The lowest BCUT2D eigenvalue weighted by molar-refractivity contribution is -0.150. The molecular formula is C17H17N9O5S4. The number of nitrogens with zero attached hydrogens (tertiary/aromatic N) is 5. The summed E-state index contributed by atoms with van der Waals surface area (Å²) >= 11 is 4.81. The first-order valence-corrected chi connectivity index (χ1v) is 13.4. The van der Waals surface area contributed by atoms with Gasteiger partial charge in [0, 0.05) is 22.1 Å². The first kappa shape index (κ1) is 24.9. The van der Waals surface area contributed by atoms with Crippen molar-refractivity contribution < 1.29 is 24.7 Å². The van der Waals surface area contributed by atoms with Gasteiger partial charge in [-0.1, -0.05) is 16.9 Å². The smallest absolute Gasteiger partial charge is 0.353 e. The van der Waals surface area contributed by atoms with Gasteiger partial charge in [0.15, 0.2) is 16.0 Å². The number of oxime groups is 1. The van der Waals surface area contributed by atoms with Gasteiger partial charge in [-0.3, -0.25) is 14.5 Å². The monoisotopic (exact) mass is 555 g/mol. The fraction of sp³-hybridized carbons (Fsp3) is 0.235. The lowest BCUT2D eigenvalue weighted by Crippen LogP contribution is -2.71. The molecule has 18 heteroatoms. The van der Waals surface area contributed by atoms with Crippen LogP contribution in [0, 0.1) is 0 Å². The molecule has 0 bridgehead atoms. The summed E-state index contributed by atoms with van der Waals surface area (Å²) in [4.78, 5) is 51.0. The number of carbonyl (C=O) groups excluding carboxylic acids is 2. The molecule has 184 valence electrons. The zero-order valence-corrected chi connectivity index (χ0v) is 20.7. The maximum Gasteiger partial charge on any atom is 0.353 e. The van der Waals surface area contributed by atoms with E-state index in [2.05, 4.69) is 25.4 Å². The van der Waals surface area contributed by atoms with Gasteiger partial charge < -0.3 is 32.8 Å². The minimum atomic E-state index is -1.26. The molecule has 0 aromatic carbocycles. The van der Waals surface area contributed by atoms with E-state index in [0.717, 1.165) is 16.2 Å². The highest BCUT2D eigenvalue weighted by Crippen LogP contribution is 2.44. The molecule has 1 saturated heterocycles. The molecule has 4 rings (SSSR count). The lowest BCUT2D eigenvalue weighted by atomic mass is 10.0. The third-order valence-electron chi connectivity index (χ3n) is 4.67. The number of thiazole rings is 1. The number of fused-ring (bicyclic) bond motifs is 1. The molecule has 0 saturated carbocycles. The summed E-state index contributed by atoms with van der Waals surface area (Å²) in [5, 5.41) is 26.2. The van der Waals surface area contributed by atoms with Crippen LogP contribution in [0.5, 0.6) is 0 Å². The number of aliphatic carboxylic acids is 1. The summed E-state index contributed by atoms with van der Waals surface area (Å²) in [6.45, 7) is 0. The van der Waals surface area contributed by atoms with Crippen LogP contribution in [0.25, 0.3) is 0 Å². The second-order valence-electron chi connectivity index (χ2n) is 6.86. The molecule has 2 atom stereocenters. The molecule has 2 aromatic rings. The molecule has 4 heterocycles. The maximum absolute atomic E-state index is 12.8. The van der Waals surface area contributed by atoms with E-state index in [9.17, 15) is 24.7 Å². The zero-order valence-electron chi connectivity index (χ0n) is 17.4. The number of hydrogen-bond acceptors (Lipinski definition) is 15. The molecule has 0 spiro atoms. The molecule has 0 aliphatic carbocycles. The number of carboxylic acid groups (broad SMARTS) is 1. The number of nitrogens with one attached hydrogen (secondary N) is 1. The van der Waals surface area contributed by atoms with Gasteiger partial charge in [-0.2, -0.15) is 0 Å². The fourth-order valence-electron chi connectivity index (χ4n) is 3.20. The molecule has 9 N–H and O–H groups in total. The van der Waals surface area contributed by atoms with Crippen molar-refractivity contribution in [3.05, 3.63) is 27.7 Å². The number of hydrogen-bond donors (Lipinski definition) is 6. The number of aromatic nitrogens is 3. The summed E-state index contributed by atoms with van der Waals surface area (Å²) in [6.07, 6.45) is 0. The van der Waals surface area contributed by atoms with Crippen molar-refractivity contribution in [2.24, 2.45) is 5.16 Å². The van der Waals surface area contributed by atoms with Crippen molar-refractivity contribution in [3.63, 3.8) is 0 Å². The number of rotatable bonds is 8. The minimum Gasteiger partial charge on any atom is -0.477 e. The van der Waals surface area contributed by atoms with Gasteiger partial charge in [-0.25, -0.2) is 19.7 Å². The number of carbonyl (C=O) groups is 3. The Bertz CT molecular complexity index is 1250. The van der Waals surface area contributed by atoms with Crippen molar-refractivity contribution in [2.45, 2.75) is 16.6 Å². The first-order valence-electron chi connectivity index (χ1n) is 9.50. The van der Waals surface area contributed by atoms with E-state index < -0.39 is 34.9 Å². The van der Waals surface area contributed by atoms with Crippen LogP contribution in [0.2, 0.25) is 0 Å². The van der Waals surface area contributed by atoms with E-state index in [0.29, 0.717) is 20.9 Å². The third-order valence-corrected chi connectivity index (χ3v) is 8.87. The Labute approximate surface area is 213 Å². The Morgan fingerprint density at radius 2 is 1.94 bits per heavy atom. The molecule has 0 radical (unpaired) electrons. The molecule has 2 unspecified atom stereocenters. The normalized spacial score (nSPS) is 19.8. The summed E-state index contributed by atoms with van der Waals surface area (Å²) in [6, 6.07) is 0.422. The van der Waals surface area contributed by atoms with Gasteiger partial charge in [0.05, 0.1) is 5.08 Å². The van der Waals surface area contributed by atoms with Crippen molar-refractivity contribution in [3.8, 4) is 0 Å². The van der Waals surface area contributed by atoms with Gasteiger partial charge in [-0.15, -0.1) is 34.9 Å². The van der Waals surface area contributed by atoms with E-state index in [1.165, 1.54) is 46.7 Å². The van der Waals surface area contributed by atoms with Crippen LogP contribution in [0.4, 0.5) is 16.8 Å². The van der Waals surface area contributed by atoms with E-state index in [1.807, 2.05) is 0 Å². The van der Waals surface area contributed by atoms with Crippen LogP contribution >= 0.6 is 46.6 Å². The number of amides is 2. The topological polar surface area (TPSA) is 236 Å². The molecular weight excluding hydrogens is 539 g/mol. The molecule has 2 amide bonds. The van der Waals surface area contributed by atoms with Crippen LogP contribution in [0.15, 0.2) is 32.4 Å².